The van der Waals surface area contributed by atoms with E-state index in [1.54, 1.807) is 18.6 Å². The van der Waals surface area contributed by atoms with Crippen molar-refractivity contribution < 1.29 is 19.4 Å². The van der Waals surface area contributed by atoms with Crippen molar-refractivity contribution in [3.05, 3.63) is 88.8 Å². The van der Waals surface area contributed by atoms with Crippen LogP contribution in [0.1, 0.15) is 48.0 Å². The van der Waals surface area contributed by atoms with Crippen molar-refractivity contribution in [2.45, 2.75) is 38.9 Å². The molecule has 0 bridgehead atoms. The van der Waals surface area contributed by atoms with E-state index in [9.17, 15) is 9.90 Å². The Morgan fingerprint density at radius 3 is 2.69 bits per heavy atom. The van der Waals surface area contributed by atoms with Gasteiger partial charge in [-0.05, 0) is 56.1 Å². The molecule has 1 fully saturated rings. The van der Waals surface area contributed by atoms with Gasteiger partial charge in [0, 0.05) is 42.7 Å². The number of aromatic nitrogens is 3. The summed E-state index contributed by atoms with van der Waals surface area (Å²) in [6.07, 6.45) is 6.76. The van der Waals surface area contributed by atoms with E-state index in [0.717, 1.165) is 71.5 Å². The predicted octanol–water partition coefficient (Wildman–Crippen LogP) is 7.50. The molecule has 1 N–H and O–H groups in total. The minimum absolute atomic E-state index is 0.108. The molecule has 216 valence electrons. The minimum atomic E-state index is -1.06. The van der Waals surface area contributed by atoms with Crippen molar-refractivity contribution in [3.63, 3.8) is 0 Å². The second-order valence-corrected chi connectivity index (χ2v) is 11.7. The van der Waals surface area contributed by atoms with Crippen molar-refractivity contribution in [2.75, 3.05) is 19.6 Å². The lowest BCUT2D eigenvalue weighted by molar-refractivity contribution is 0.0695. The summed E-state index contributed by atoms with van der Waals surface area (Å²) in [5, 5.41) is 11.2. The zero-order valence-electron chi connectivity index (χ0n) is 23.4. The lowest BCUT2D eigenvalue weighted by Gasteiger charge is -2.31. The smallest absolute Gasteiger partial charge is 0.349 e. The molecular weight excluding hydrogens is 572 g/mol. The predicted molar refractivity (Wildman–Crippen MR) is 165 cm³/mol. The van der Waals surface area contributed by atoms with E-state index in [2.05, 4.69) is 21.8 Å². The number of imidazole rings is 1. The Morgan fingerprint density at radius 1 is 1.12 bits per heavy atom. The molecule has 8 nitrogen and oxygen atoms in total. The van der Waals surface area contributed by atoms with Crippen molar-refractivity contribution in [2.24, 2.45) is 0 Å². The van der Waals surface area contributed by atoms with Crippen LogP contribution in [-0.4, -0.2) is 56.2 Å². The number of piperidine rings is 1. The maximum Gasteiger partial charge on any atom is 0.349 e. The van der Waals surface area contributed by atoms with E-state index >= 15 is 0 Å². The Kier molecular flexibility index (Phi) is 8.15. The summed E-state index contributed by atoms with van der Waals surface area (Å²) in [4.78, 5) is 23.5. The Hall–Kier alpha value is -3.92. The number of aromatic carboxylic acids is 1. The van der Waals surface area contributed by atoms with Gasteiger partial charge in [-0.1, -0.05) is 42.8 Å². The van der Waals surface area contributed by atoms with E-state index in [0.29, 0.717) is 15.8 Å². The normalized spacial score (nSPS) is 15.1. The number of hydrogen-bond acceptors (Lipinski definition) is 7. The molecule has 10 heteroatoms. The fraction of sp³-hybridized carbons (Fsp3) is 0.281. The highest BCUT2D eigenvalue weighted by Gasteiger charge is 2.25. The number of carbonyl (C=O) groups is 1. The zero-order valence-corrected chi connectivity index (χ0v) is 24.9. The van der Waals surface area contributed by atoms with E-state index in [4.69, 9.17) is 21.1 Å². The maximum absolute atomic E-state index is 12.2. The summed E-state index contributed by atoms with van der Waals surface area (Å²) >= 11 is 7.95. The molecule has 1 atom stereocenters. The molecular formula is C32H31ClN4O4S. The number of ether oxygens (including phenoxy) is 2. The van der Waals surface area contributed by atoms with Gasteiger partial charge in [0.15, 0.2) is 4.88 Å². The van der Waals surface area contributed by atoms with E-state index in [-0.39, 0.29) is 16.7 Å². The molecule has 0 saturated carbocycles. The van der Waals surface area contributed by atoms with Crippen molar-refractivity contribution >= 4 is 39.9 Å². The molecule has 6 rings (SSSR count). The molecule has 0 amide bonds. The van der Waals surface area contributed by atoms with E-state index in [1.807, 2.05) is 66.2 Å². The molecule has 2 aromatic carbocycles. The number of rotatable bonds is 9. The first kappa shape index (κ1) is 28.2. The molecule has 0 aliphatic carbocycles. The van der Waals surface area contributed by atoms with Crippen LogP contribution in [0, 0.1) is 0 Å². The molecule has 1 aliphatic heterocycles. The fourth-order valence-corrected chi connectivity index (χ4v) is 6.57. The highest BCUT2D eigenvalue weighted by molar-refractivity contribution is 7.16. The van der Waals surface area contributed by atoms with Crippen LogP contribution in [0.4, 0.5) is 0 Å². The van der Waals surface area contributed by atoms with Crippen LogP contribution >= 0.6 is 22.9 Å². The molecule has 0 radical (unpaired) electrons. The van der Waals surface area contributed by atoms with Gasteiger partial charge in [0.1, 0.15) is 35.0 Å². The molecule has 5 aromatic rings. The van der Waals surface area contributed by atoms with Crippen LogP contribution in [0.5, 0.6) is 11.5 Å². The number of thiophene rings is 1. The van der Waals surface area contributed by atoms with Crippen LogP contribution in [-0.2, 0) is 0 Å². The summed E-state index contributed by atoms with van der Waals surface area (Å²) < 4.78 is 14.4. The van der Waals surface area contributed by atoms with Crippen molar-refractivity contribution in [1.82, 2.24) is 19.4 Å². The number of carboxylic acids is 1. The van der Waals surface area contributed by atoms with Crippen LogP contribution in [0.3, 0.4) is 0 Å². The Morgan fingerprint density at radius 2 is 1.95 bits per heavy atom. The van der Waals surface area contributed by atoms with E-state index in [1.165, 1.54) is 0 Å². The second-order valence-electron chi connectivity index (χ2n) is 10.3. The standard InChI is InChI=1S/C32H31ClN4O4S/c1-3-36-14-11-23(12-15-36)41-27-8-4-7-24(30(27)33)20(2)40-28-17-29(42-31(28)32(38)39)37-19-35-25-16-21(9-10-26(25)37)22-6-5-13-34-18-22/h4-10,13,16-20,23H,3,11-12,14-15H2,1-2H3,(H,38,39). The van der Waals surface area contributed by atoms with E-state index < -0.39 is 12.1 Å². The number of nitrogens with zero attached hydrogens (tertiary/aromatic N) is 4. The summed E-state index contributed by atoms with van der Waals surface area (Å²) in [6.45, 7) is 7.10. The van der Waals surface area contributed by atoms with Gasteiger partial charge in [-0.2, -0.15) is 0 Å². The maximum atomic E-state index is 12.2. The summed E-state index contributed by atoms with van der Waals surface area (Å²) in [6, 6.07) is 17.3. The monoisotopic (exact) mass is 602 g/mol. The van der Waals surface area contributed by atoms with Gasteiger partial charge in [-0.25, -0.2) is 9.78 Å². The summed E-state index contributed by atoms with van der Waals surface area (Å²) in [5.74, 6) is -0.156. The van der Waals surface area contributed by atoms with Crippen molar-refractivity contribution in [3.8, 4) is 27.6 Å². The van der Waals surface area contributed by atoms with Crippen molar-refractivity contribution in [1.29, 1.82) is 0 Å². The van der Waals surface area contributed by atoms with Crippen LogP contribution in [0.2, 0.25) is 5.02 Å². The van der Waals surface area contributed by atoms with Gasteiger partial charge < -0.3 is 19.5 Å². The van der Waals surface area contributed by atoms with Gasteiger partial charge in [-0.3, -0.25) is 9.55 Å². The SMILES string of the molecule is CCN1CCC(Oc2cccc(C(C)Oc3cc(-n4cnc5cc(-c6cccnc6)ccc54)sc3C(=O)O)c2Cl)CC1. The van der Waals surface area contributed by atoms with Gasteiger partial charge in [0.25, 0.3) is 0 Å². The fourth-order valence-electron chi connectivity index (χ4n) is 5.33. The molecule has 1 unspecified atom stereocenters. The van der Waals surface area contributed by atoms with Crippen LogP contribution in [0.25, 0.3) is 27.2 Å². The highest BCUT2D eigenvalue weighted by atomic mass is 35.5. The quantitative estimate of drug-likeness (QED) is 0.187. The van der Waals surface area contributed by atoms with Gasteiger partial charge in [0.05, 0.1) is 16.1 Å². The first-order chi connectivity index (χ1) is 20.4. The Labute approximate surface area is 253 Å². The highest BCUT2D eigenvalue weighted by Crippen LogP contribution is 2.39. The molecule has 0 spiro atoms. The number of likely N-dealkylation sites (tertiary alicyclic amines) is 1. The zero-order chi connectivity index (χ0) is 29.2. The lowest BCUT2D eigenvalue weighted by atomic mass is 10.1. The molecule has 3 aromatic heterocycles. The number of halogens is 1. The number of benzene rings is 2. The molecule has 42 heavy (non-hydrogen) atoms. The number of fused-ring (bicyclic) bond motifs is 1. The Bertz CT molecular complexity index is 1710. The topological polar surface area (TPSA) is 89.7 Å². The average Bonchev–Trinajstić information content (AvgIpc) is 3.63. The third-order valence-electron chi connectivity index (χ3n) is 7.67. The van der Waals surface area contributed by atoms with Gasteiger partial charge in [0.2, 0.25) is 0 Å². The van der Waals surface area contributed by atoms with Gasteiger partial charge in [-0.15, -0.1) is 11.3 Å². The third kappa shape index (κ3) is 5.72. The average molecular weight is 603 g/mol. The number of carboxylic acid groups (broad SMARTS) is 1. The lowest BCUT2D eigenvalue weighted by Crippen LogP contribution is -2.38. The number of pyridine rings is 1. The Balaban J connectivity index is 1.24. The number of hydrogen-bond donors (Lipinski definition) is 1. The molecule has 1 aliphatic rings. The van der Waals surface area contributed by atoms with Gasteiger partial charge >= 0.3 is 5.97 Å². The second kappa shape index (κ2) is 12.1. The molecule has 1 saturated heterocycles. The third-order valence-corrected chi connectivity index (χ3v) is 9.18. The first-order valence-corrected chi connectivity index (χ1v) is 15.2. The van der Waals surface area contributed by atoms with Crippen LogP contribution in [0.15, 0.2) is 73.3 Å². The first-order valence-electron chi connectivity index (χ1n) is 14.0. The molecule has 4 heterocycles. The minimum Gasteiger partial charge on any atom is -0.489 e. The largest absolute Gasteiger partial charge is 0.489 e. The summed E-state index contributed by atoms with van der Waals surface area (Å²) in [5.41, 5.74) is 4.39. The summed E-state index contributed by atoms with van der Waals surface area (Å²) in [7, 11) is 0. The van der Waals surface area contributed by atoms with Crippen LogP contribution < -0.4 is 9.47 Å².